The average Bonchev–Trinajstić information content (AvgIpc) is 2.65. The van der Waals surface area contributed by atoms with Crippen LogP contribution in [0.4, 0.5) is 0 Å². The van der Waals surface area contributed by atoms with Gasteiger partial charge in [0.2, 0.25) is 0 Å². The lowest BCUT2D eigenvalue weighted by atomic mass is 9.82. The van der Waals surface area contributed by atoms with Gasteiger partial charge in [0.05, 0.1) is 12.6 Å². The van der Waals surface area contributed by atoms with Crippen LogP contribution in [0.15, 0.2) is 43.1 Å². The van der Waals surface area contributed by atoms with Gasteiger partial charge in [-0.05, 0) is 55.5 Å². The Morgan fingerprint density at radius 3 is 2.92 bits per heavy atom. The summed E-state index contributed by atoms with van der Waals surface area (Å²) in [5.74, 6) is 1.92. The summed E-state index contributed by atoms with van der Waals surface area (Å²) >= 11 is 0. The number of nitrogens with zero attached hydrogens (tertiary/aromatic N) is 1. The van der Waals surface area contributed by atoms with Gasteiger partial charge in [-0.3, -0.25) is 9.78 Å². The molecular weight excluding hydrogens is 371 g/mol. The minimum Gasteiger partial charge on any atom is -0.497 e. The minimum absolute atomic E-state index is 0. The van der Waals surface area contributed by atoms with Gasteiger partial charge in [-0.1, -0.05) is 6.08 Å². The predicted molar refractivity (Wildman–Crippen MR) is 111 cm³/mol. The molecule has 2 heterocycles. The van der Waals surface area contributed by atoms with Gasteiger partial charge in [0, 0.05) is 30.1 Å². The van der Waals surface area contributed by atoms with E-state index in [1.165, 1.54) is 0 Å². The van der Waals surface area contributed by atoms with E-state index in [1.54, 1.807) is 13.3 Å². The molecule has 1 aromatic carbocycles. The second-order valence-electron chi connectivity index (χ2n) is 6.36. The van der Waals surface area contributed by atoms with Gasteiger partial charge in [-0.15, -0.1) is 31.4 Å². The number of carbonyl (C=O) groups is 1. The Balaban J connectivity index is 0.00000169. The first-order valence-corrected chi connectivity index (χ1v) is 8.52. The number of piperidine rings is 1. The molecule has 2 atom stereocenters. The van der Waals surface area contributed by atoms with Crippen molar-refractivity contribution >= 4 is 41.5 Å². The molecule has 1 aromatic heterocycles. The van der Waals surface area contributed by atoms with Gasteiger partial charge in [0.1, 0.15) is 5.75 Å². The van der Waals surface area contributed by atoms with Crippen molar-refractivity contribution in [3.63, 3.8) is 0 Å². The van der Waals surface area contributed by atoms with E-state index >= 15 is 0 Å². The molecule has 0 bridgehead atoms. The van der Waals surface area contributed by atoms with Crippen LogP contribution < -0.4 is 10.1 Å². The van der Waals surface area contributed by atoms with Crippen LogP contribution in [-0.2, 0) is 0 Å². The number of hydrogen-bond acceptors (Lipinski definition) is 4. The molecule has 6 heteroatoms. The zero-order valence-corrected chi connectivity index (χ0v) is 16.6. The quantitative estimate of drug-likeness (QED) is 0.578. The van der Waals surface area contributed by atoms with Gasteiger partial charge in [-0.2, -0.15) is 0 Å². The van der Waals surface area contributed by atoms with E-state index in [1.807, 2.05) is 30.3 Å². The Hall–Kier alpha value is -1.62. The lowest BCUT2D eigenvalue weighted by molar-refractivity contribution is 0.0968. The molecule has 142 valence electrons. The molecule has 4 nitrogen and oxygen atoms in total. The fraction of sp³-hybridized carbons (Fsp3) is 0.400. The summed E-state index contributed by atoms with van der Waals surface area (Å²) in [6, 6.07) is 7.48. The molecule has 0 amide bonds. The zero-order valence-electron chi connectivity index (χ0n) is 14.9. The van der Waals surface area contributed by atoms with E-state index in [-0.39, 0.29) is 30.6 Å². The Morgan fingerprint density at radius 1 is 1.38 bits per heavy atom. The van der Waals surface area contributed by atoms with Crippen LogP contribution in [0.3, 0.4) is 0 Å². The number of aromatic nitrogens is 1. The SMILES string of the molecule is C=C[C@@H]1CNCC[C@H]1CCC(=O)c1ccnc2ccc(OC)cc12.Cl.Cl. The number of carbonyl (C=O) groups excluding carboxylic acids is 1. The largest absolute Gasteiger partial charge is 0.497 e. The summed E-state index contributed by atoms with van der Waals surface area (Å²) in [5, 5.41) is 4.26. The first-order chi connectivity index (χ1) is 11.7. The molecule has 1 aliphatic heterocycles. The maximum absolute atomic E-state index is 12.8. The molecule has 2 aromatic rings. The van der Waals surface area contributed by atoms with E-state index in [9.17, 15) is 4.79 Å². The number of pyridine rings is 1. The third kappa shape index (κ3) is 4.97. The van der Waals surface area contributed by atoms with Gasteiger partial charge >= 0.3 is 0 Å². The Bertz CT molecular complexity index is 752. The summed E-state index contributed by atoms with van der Waals surface area (Å²) in [5.41, 5.74) is 1.57. The van der Waals surface area contributed by atoms with Gasteiger partial charge in [0.15, 0.2) is 5.78 Å². The standard InChI is InChI=1S/C20H24N2O2.2ClH/c1-3-14-13-21-10-8-15(14)4-7-20(23)17-9-11-22-19-6-5-16(24-2)12-18(17)19;;/h3,5-6,9,11-12,14-15,21H,1,4,7-8,10,13H2,2H3;2*1H/t14-,15-;;/m1../s1. The first kappa shape index (κ1) is 22.4. The van der Waals surface area contributed by atoms with E-state index < -0.39 is 0 Å². The molecule has 1 saturated heterocycles. The maximum atomic E-state index is 12.8. The summed E-state index contributed by atoms with van der Waals surface area (Å²) in [4.78, 5) is 17.1. The van der Waals surface area contributed by atoms with Crippen molar-refractivity contribution < 1.29 is 9.53 Å². The van der Waals surface area contributed by atoms with Gasteiger partial charge in [-0.25, -0.2) is 0 Å². The van der Waals surface area contributed by atoms with Crippen LogP contribution in [0.5, 0.6) is 5.75 Å². The molecule has 1 N–H and O–H groups in total. The number of ether oxygens (including phenoxy) is 1. The molecular formula is C20H26Cl2N2O2. The number of benzene rings is 1. The maximum Gasteiger partial charge on any atom is 0.163 e. The second-order valence-corrected chi connectivity index (χ2v) is 6.36. The van der Waals surface area contributed by atoms with Crippen LogP contribution >= 0.6 is 24.8 Å². The molecule has 0 spiro atoms. The molecule has 26 heavy (non-hydrogen) atoms. The molecule has 1 fully saturated rings. The van der Waals surface area contributed by atoms with E-state index in [4.69, 9.17) is 4.74 Å². The number of rotatable bonds is 6. The Morgan fingerprint density at radius 2 is 2.19 bits per heavy atom. The number of fused-ring (bicyclic) bond motifs is 1. The fourth-order valence-corrected chi connectivity index (χ4v) is 3.52. The van der Waals surface area contributed by atoms with Gasteiger partial charge < -0.3 is 10.1 Å². The number of hydrogen-bond donors (Lipinski definition) is 1. The van der Waals surface area contributed by atoms with Crippen molar-refractivity contribution in [2.24, 2.45) is 11.8 Å². The first-order valence-electron chi connectivity index (χ1n) is 8.52. The number of nitrogens with one attached hydrogen (secondary N) is 1. The average molecular weight is 397 g/mol. The molecule has 0 radical (unpaired) electrons. The number of ketones is 1. The third-order valence-electron chi connectivity index (χ3n) is 4.97. The van der Waals surface area contributed by atoms with Crippen molar-refractivity contribution in [3.05, 3.63) is 48.7 Å². The number of halogens is 2. The highest BCUT2D eigenvalue weighted by atomic mass is 35.5. The van der Waals surface area contributed by atoms with Gasteiger partial charge in [0.25, 0.3) is 0 Å². The molecule has 1 aliphatic rings. The smallest absolute Gasteiger partial charge is 0.163 e. The highest BCUT2D eigenvalue weighted by Gasteiger charge is 2.23. The Kier molecular flexibility index (Phi) is 9.06. The van der Waals surface area contributed by atoms with Crippen molar-refractivity contribution in [3.8, 4) is 5.75 Å². The highest BCUT2D eigenvalue weighted by molar-refractivity contribution is 6.07. The second kappa shape index (κ2) is 10.5. The normalized spacial score (nSPS) is 19.1. The summed E-state index contributed by atoms with van der Waals surface area (Å²) in [7, 11) is 1.63. The van der Waals surface area contributed by atoms with E-state index in [0.29, 0.717) is 18.3 Å². The predicted octanol–water partition coefficient (Wildman–Crippen LogP) is 4.46. The monoisotopic (exact) mass is 396 g/mol. The van der Waals surface area contributed by atoms with Crippen molar-refractivity contribution in [2.75, 3.05) is 20.2 Å². The van der Waals surface area contributed by atoms with E-state index in [0.717, 1.165) is 48.1 Å². The highest BCUT2D eigenvalue weighted by Crippen LogP contribution is 2.28. The van der Waals surface area contributed by atoms with Crippen LogP contribution in [0.25, 0.3) is 10.9 Å². The van der Waals surface area contributed by atoms with Crippen LogP contribution in [0.1, 0.15) is 29.6 Å². The van der Waals surface area contributed by atoms with Crippen LogP contribution in [0.2, 0.25) is 0 Å². The number of methoxy groups -OCH3 is 1. The molecule has 0 aliphatic carbocycles. The summed E-state index contributed by atoms with van der Waals surface area (Å²) < 4.78 is 5.28. The summed E-state index contributed by atoms with van der Waals surface area (Å²) in [6.45, 7) is 5.93. The van der Waals surface area contributed by atoms with Crippen molar-refractivity contribution in [2.45, 2.75) is 19.3 Å². The van der Waals surface area contributed by atoms with Crippen LogP contribution in [-0.4, -0.2) is 31.0 Å². The van der Waals surface area contributed by atoms with E-state index in [2.05, 4.69) is 16.9 Å². The zero-order chi connectivity index (χ0) is 16.9. The number of Topliss-reactive ketones (excluding diaryl/α,β-unsaturated/α-hetero) is 1. The van der Waals surface area contributed by atoms with Crippen molar-refractivity contribution in [1.29, 1.82) is 0 Å². The van der Waals surface area contributed by atoms with Crippen LogP contribution in [0, 0.1) is 11.8 Å². The van der Waals surface area contributed by atoms with Crippen molar-refractivity contribution in [1.82, 2.24) is 10.3 Å². The molecule has 3 rings (SSSR count). The topological polar surface area (TPSA) is 51.2 Å². The Labute approximate surface area is 167 Å². The molecule has 0 saturated carbocycles. The lowest BCUT2D eigenvalue weighted by Crippen LogP contribution is -2.35. The molecule has 0 unspecified atom stereocenters. The fourth-order valence-electron chi connectivity index (χ4n) is 3.52. The third-order valence-corrected chi connectivity index (χ3v) is 4.97. The lowest BCUT2D eigenvalue weighted by Gasteiger charge is -2.29. The minimum atomic E-state index is 0. The summed E-state index contributed by atoms with van der Waals surface area (Å²) in [6.07, 6.45) is 6.30.